The Kier molecular flexibility index (Phi) is 14.5. The maximum Gasteiger partial charge on any atom is 0.303 e. The molecule has 4 nitrogen and oxygen atoms in total. The van der Waals surface area contributed by atoms with E-state index in [1.807, 2.05) is 18.5 Å². The summed E-state index contributed by atoms with van der Waals surface area (Å²) in [4.78, 5) is 16.8. The summed E-state index contributed by atoms with van der Waals surface area (Å²) in [5, 5.41) is 8.46. The van der Waals surface area contributed by atoms with Gasteiger partial charge in [-0.1, -0.05) is 77.2 Å². The molecule has 1 N–H and O–H groups in total. The van der Waals surface area contributed by atoms with E-state index < -0.39 is 5.97 Å². The summed E-state index contributed by atoms with van der Waals surface area (Å²) in [6, 6.07) is 4.79. The van der Waals surface area contributed by atoms with Gasteiger partial charge >= 0.3 is 5.97 Å². The summed E-state index contributed by atoms with van der Waals surface area (Å²) in [6.07, 6.45) is 20.8. The predicted octanol–water partition coefficient (Wildman–Crippen LogP) is 6.62. The second-order valence-electron chi connectivity index (χ2n) is 8.10. The Morgan fingerprint density at radius 2 is 1.68 bits per heavy atom. The van der Waals surface area contributed by atoms with Gasteiger partial charge in [0.1, 0.15) is 0 Å². The zero-order chi connectivity index (χ0) is 20.5. The van der Waals surface area contributed by atoms with Gasteiger partial charge in [0.05, 0.1) is 0 Å². The molecule has 1 atom stereocenters. The molecule has 1 fully saturated rings. The minimum atomic E-state index is -0.657. The van der Waals surface area contributed by atoms with E-state index in [1.165, 1.54) is 82.7 Å². The summed E-state index contributed by atoms with van der Waals surface area (Å²) in [6.45, 7) is 3.47. The smallest absolute Gasteiger partial charge is 0.303 e. The minimum Gasteiger partial charge on any atom is -0.481 e. The van der Waals surface area contributed by atoms with E-state index in [9.17, 15) is 4.79 Å². The monoisotopic (exact) mass is 390 g/mol. The van der Waals surface area contributed by atoms with Crippen molar-refractivity contribution in [1.82, 2.24) is 9.88 Å². The highest BCUT2D eigenvalue weighted by atomic mass is 16.4. The van der Waals surface area contributed by atoms with Crippen molar-refractivity contribution in [1.29, 1.82) is 0 Å². The number of hydrogen-bond donors (Lipinski definition) is 1. The number of carboxylic acid groups (broad SMARTS) is 1. The molecule has 1 aromatic heterocycles. The molecule has 4 heteroatoms. The van der Waals surface area contributed by atoms with Crippen molar-refractivity contribution in [2.75, 3.05) is 13.6 Å². The number of nitrogens with zero attached hydrogens (tertiary/aromatic N) is 2. The van der Waals surface area contributed by atoms with Crippen molar-refractivity contribution < 1.29 is 9.90 Å². The van der Waals surface area contributed by atoms with E-state index in [0.29, 0.717) is 12.5 Å². The second-order valence-corrected chi connectivity index (χ2v) is 8.10. The van der Waals surface area contributed by atoms with E-state index in [4.69, 9.17) is 5.11 Å². The van der Waals surface area contributed by atoms with Gasteiger partial charge in [0.15, 0.2) is 0 Å². The number of pyridine rings is 1. The van der Waals surface area contributed by atoms with Crippen molar-refractivity contribution in [2.45, 2.75) is 103 Å². The number of rotatable bonds is 13. The van der Waals surface area contributed by atoms with Gasteiger partial charge in [0.2, 0.25) is 0 Å². The Balaban J connectivity index is 0.000000289. The van der Waals surface area contributed by atoms with Crippen LogP contribution in [0.3, 0.4) is 0 Å². The summed E-state index contributed by atoms with van der Waals surface area (Å²) in [5.74, 6) is -0.657. The first-order valence-corrected chi connectivity index (χ1v) is 11.5. The third-order valence-electron chi connectivity index (χ3n) is 5.58. The van der Waals surface area contributed by atoms with Gasteiger partial charge in [-0.3, -0.25) is 14.7 Å². The average Bonchev–Trinajstić information content (AvgIpc) is 3.13. The molecule has 0 spiro atoms. The summed E-state index contributed by atoms with van der Waals surface area (Å²) in [7, 11) is 2.19. The first-order chi connectivity index (χ1) is 13.6. The Hall–Kier alpha value is -1.42. The van der Waals surface area contributed by atoms with Crippen LogP contribution in [-0.4, -0.2) is 34.6 Å². The lowest BCUT2D eigenvalue weighted by Gasteiger charge is -2.18. The molecule has 2 heterocycles. The van der Waals surface area contributed by atoms with Gasteiger partial charge in [-0.25, -0.2) is 0 Å². The summed E-state index contributed by atoms with van der Waals surface area (Å²) in [5.41, 5.74) is 1.36. The van der Waals surface area contributed by atoms with Gasteiger partial charge < -0.3 is 5.11 Å². The largest absolute Gasteiger partial charge is 0.481 e. The Morgan fingerprint density at radius 1 is 1.07 bits per heavy atom. The third kappa shape index (κ3) is 12.1. The van der Waals surface area contributed by atoms with Crippen LogP contribution in [-0.2, 0) is 4.79 Å². The van der Waals surface area contributed by atoms with Gasteiger partial charge in [-0.15, -0.1) is 0 Å². The van der Waals surface area contributed by atoms with Gasteiger partial charge in [0.25, 0.3) is 0 Å². The molecule has 0 amide bonds. The average molecular weight is 391 g/mol. The van der Waals surface area contributed by atoms with Crippen LogP contribution in [0, 0.1) is 0 Å². The molecule has 1 aliphatic heterocycles. The fourth-order valence-corrected chi connectivity index (χ4v) is 3.84. The molecular formula is C24H42N2O2. The van der Waals surface area contributed by atoms with Crippen molar-refractivity contribution in [3.63, 3.8) is 0 Å². The van der Waals surface area contributed by atoms with Crippen LogP contribution < -0.4 is 0 Å². The molecule has 0 bridgehead atoms. The zero-order valence-electron chi connectivity index (χ0n) is 18.2. The lowest BCUT2D eigenvalue weighted by Crippen LogP contribution is -2.17. The Labute approximate surface area is 172 Å². The van der Waals surface area contributed by atoms with E-state index in [-0.39, 0.29) is 0 Å². The van der Waals surface area contributed by atoms with Crippen molar-refractivity contribution >= 4 is 5.97 Å². The number of hydrogen-bond acceptors (Lipinski definition) is 3. The number of carboxylic acids is 1. The normalized spacial score (nSPS) is 16.6. The fourth-order valence-electron chi connectivity index (χ4n) is 3.84. The lowest BCUT2D eigenvalue weighted by molar-refractivity contribution is -0.137. The van der Waals surface area contributed by atoms with Crippen LogP contribution in [0.1, 0.15) is 108 Å². The molecular weight excluding hydrogens is 348 g/mol. The van der Waals surface area contributed by atoms with E-state index in [2.05, 4.69) is 29.9 Å². The minimum absolute atomic E-state index is 0.344. The first kappa shape index (κ1) is 24.6. The predicted molar refractivity (Wildman–Crippen MR) is 118 cm³/mol. The highest BCUT2D eigenvalue weighted by molar-refractivity contribution is 5.66. The SMILES string of the molecule is CCCCCCCCCCCCCC(=O)O.CN1CCCC1c1cccnc1. The summed E-state index contributed by atoms with van der Waals surface area (Å²) >= 11 is 0. The first-order valence-electron chi connectivity index (χ1n) is 11.5. The van der Waals surface area contributed by atoms with Crippen LogP contribution in [0.4, 0.5) is 0 Å². The number of carbonyl (C=O) groups is 1. The van der Waals surface area contributed by atoms with E-state index >= 15 is 0 Å². The zero-order valence-corrected chi connectivity index (χ0v) is 18.2. The van der Waals surface area contributed by atoms with Crippen LogP contribution in [0.2, 0.25) is 0 Å². The van der Waals surface area contributed by atoms with Crippen LogP contribution in [0.5, 0.6) is 0 Å². The van der Waals surface area contributed by atoms with Crippen molar-refractivity contribution in [3.05, 3.63) is 30.1 Å². The molecule has 1 aromatic rings. The maximum atomic E-state index is 10.3. The second kappa shape index (κ2) is 16.5. The van der Waals surface area contributed by atoms with Crippen molar-refractivity contribution in [2.24, 2.45) is 0 Å². The van der Waals surface area contributed by atoms with Crippen LogP contribution in [0.25, 0.3) is 0 Å². The molecule has 1 aliphatic rings. The Morgan fingerprint density at radius 3 is 2.14 bits per heavy atom. The molecule has 1 saturated heterocycles. The van der Waals surface area contributed by atoms with Gasteiger partial charge in [0, 0.05) is 24.9 Å². The topological polar surface area (TPSA) is 53.4 Å². The van der Waals surface area contributed by atoms with Gasteiger partial charge in [-0.05, 0) is 44.5 Å². The molecule has 160 valence electrons. The number of aliphatic carboxylic acids is 1. The molecule has 1 unspecified atom stereocenters. The number of likely N-dealkylation sites (tertiary alicyclic amines) is 1. The molecule has 28 heavy (non-hydrogen) atoms. The molecule has 2 rings (SSSR count). The highest BCUT2D eigenvalue weighted by Gasteiger charge is 2.21. The molecule has 0 saturated carbocycles. The van der Waals surface area contributed by atoms with E-state index in [1.54, 1.807) is 0 Å². The van der Waals surface area contributed by atoms with E-state index in [0.717, 1.165) is 12.8 Å². The molecule has 0 radical (unpaired) electrons. The third-order valence-corrected chi connectivity index (χ3v) is 5.58. The van der Waals surface area contributed by atoms with Crippen molar-refractivity contribution in [3.8, 4) is 0 Å². The lowest BCUT2D eigenvalue weighted by atomic mass is 10.1. The molecule has 0 aromatic carbocycles. The fraction of sp³-hybridized carbons (Fsp3) is 0.750. The molecule has 0 aliphatic carbocycles. The Bertz CT molecular complexity index is 493. The summed E-state index contributed by atoms with van der Waals surface area (Å²) < 4.78 is 0. The number of aromatic nitrogens is 1. The van der Waals surface area contributed by atoms with Crippen LogP contribution >= 0.6 is 0 Å². The number of unbranched alkanes of at least 4 members (excludes halogenated alkanes) is 10. The maximum absolute atomic E-state index is 10.3. The van der Waals surface area contributed by atoms with Crippen LogP contribution in [0.15, 0.2) is 24.5 Å². The van der Waals surface area contributed by atoms with Gasteiger partial charge in [-0.2, -0.15) is 0 Å². The highest BCUT2D eigenvalue weighted by Crippen LogP contribution is 2.29. The quantitative estimate of drug-likeness (QED) is 0.384. The standard InChI is InChI=1S/C14H28O2.C10H14N2/c1-2-3-4-5-6-7-8-9-10-11-12-13-14(15)16;1-12-7-3-5-10(12)9-4-2-6-11-8-9/h2-13H2,1H3,(H,15,16);2,4,6,8,10H,3,5,7H2,1H3.